The molecule has 0 aromatic heterocycles. The Labute approximate surface area is 86.7 Å². The van der Waals surface area contributed by atoms with E-state index in [1.165, 1.54) is 29.3 Å². The normalized spacial score (nSPS) is 22.8. The molecule has 1 fully saturated rings. The molecular formula is C11H12BrN. The monoisotopic (exact) mass is 237 g/mol. The van der Waals surface area contributed by atoms with Crippen molar-refractivity contribution in [3.63, 3.8) is 0 Å². The summed E-state index contributed by atoms with van der Waals surface area (Å²) in [4.78, 5) is 0. The highest BCUT2D eigenvalue weighted by molar-refractivity contribution is 9.10. The van der Waals surface area contributed by atoms with Crippen LogP contribution in [0.3, 0.4) is 0 Å². The summed E-state index contributed by atoms with van der Waals surface area (Å²) in [6.07, 6.45) is 3.82. The highest BCUT2D eigenvalue weighted by Gasteiger charge is 2.46. The lowest BCUT2D eigenvalue weighted by Crippen LogP contribution is -2.36. The molecule has 1 heterocycles. The van der Waals surface area contributed by atoms with Gasteiger partial charge in [0.05, 0.1) is 0 Å². The van der Waals surface area contributed by atoms with Crippen LogP contribution in [0.5, 0.6) is 0 Å². The number of halogens is 1. The smallest absolute Gasteiger partial charge is 0.0439 e. The van der Waals surface area contributed by atoms with Crippen molar-refractivity contribution in [1.82, 2.24) is 5.32 Å². The zero-order chi connectivity index (χ0) is 8.89. The Morgan fingerprint density at radius 3 is 2.92 bits per heavy atom. The van der Waals surface area contributed by atoms with Crippen LogP contribution < -0.4 is 5.32 Å². The Kier molecular flexibility index (Phi) is 1.59. The van der Waals surface area contributed by atoms with Gasteiger partial charge in [-0.05, 0) is 42.5 Å². The van der Waals surface area contributed by atoms with Crippen LogP contribution in [0.2, 0.25) is 0 Å². The zero-order valence-electron chi connectivity index (χ0n) is 7.44. The van der Waals surface area contributed by atoms with Crippen molar-refractivity contribution in [2.24, 2.45) is 0 Å². The van der Waals surface area contributed by atoms with E-state index in [2.05, 4.69) is 39.4 Å². The SMILES string of the molecule is Brc1ccc2c(c1)C1(CC1)NCC2. The molecule has 68 valence electrons. The van der Waals surface area contributed by atoms with Gasteiger partial charge in [-0.15, -0.1) is 0 Å². The predicted molar refractivity (Wildman–Crippen MR) is 56.8 cm³/mol. The number of rotatable bonds is 0. The number of benzene rings is 1. The molecule has 0 saturated heterocycles. The van der Waals surface area contributed by atoms with E-state index in [4.69, 9.17) is 0 Å². The van der Waals surface area contributed by atoms with Gasteiger partial charge in [0.1, 0.15) is 0 Å². The molecular weight excluding hydrogens is 226 g/mol. The van der Waals surface area contributed by atoms with Gasteiger partial charge < -0.3 is 5.32 Å². The summed E-state index contributed by atoms with van der Waals surface area (Å²) in [5.41, 5.74) is 3.45. The van der Waals surface area contributed by atoms with Gasteiger partial charge in [-0.3, -0.25) is 0 Å². The second kappa shape index (κ2) is 2.58. The summed E-state index contributed by atoms with van der Waals surface area (Å²) in [7, 11) is 0. The average Bonchev–Trinajstić information content (AvgIpc) is 2.88. The molecule has 0 bridgehead atoms. The maximum absolute atomic E-state index is 3.63. The number of hydrogen-bond acceptors (Lipinski definition) is 1. The van der Waals surface area contributed by atoms with Gasteiger partial charge in [0, 0.05) is 16.6 Å². The third-order valence-corrected chi connectivity index (χ3v) is 3.69. The number of nitrogens with one attached hydrogen (secondary N) is 1. The summed E-state index contributed by atoms with van der Waals surface area (Å²) in [6, 6.07) is 6.70. The van der Waals surface area contributed by atoms with Crippen molar-refractivity contribution in [2.45, 2.75) is 24.8 Å². The Hall–Kier alpha value is -0.340. The highest BCUT2D eigenvalue weighted by atomic mass is 79.9. The van der Waals surface area contributed by atoms with Gasteiger partial charge in [0.25, 0.3) is 0 Å². The second-order valence-corrected chi connectivity index (χ2v) is 4.98. The van der Waals surface area contributed by atoms with E-state index in [0.29, 0.717) is 5.54 Å². The maximum atomic E-state index is 3.63. The van der Waals surface area contributed by atoms with Crippen molar-refractivity contribution < 1.29 is 0 Å². The predicted octanol–water partition coefficient (Wildman–Crippen LogP) is 2.58. The number of fused-ring (bicyclic) bond motifs is 2. The molecule has 0 atom stereocenters. The molecule has 13 heavy (non-hydrogen) atoms. The van der Waals surface area contributed by atoms with Crippen LogP contribution in [0.15, 0.2) is 22.7 Å². The Bertz CT molecular complexity index is 355. The van der Waals surface area contributed by atoms with Crippen molar-refractivity contribution in [3.8, 4) is 0 Å². The maximum Gasteiger partial charge on any atom is 0.0439 e. The third kappa shape index (κ3) is 1.16. The van der Waals surface area contributed by atoms with Crippen LogP contribution in [-0.2, 0) is 12.0 Å². The van der Waals surface area contributed by atoms with Crippen LogP contribution in [0, 0.1) is 0 Å². The molecule has 0 amide bonds. The van der Waals surface area contributed by atoms with E-state index in [1.807, 2.05) is 0 Å². The van der Waals surface area contributed by atoms with Crippen molar-refractivity contribution in [1.29, 1.82) is 0 Å². The molecule has 0 unspecified atom stereocenters. The minimum atomic E-state index is 0.372. The Morgan fingerprint density at radius 2 is 2.15 bits per heavy atom. The van der Waals surface area contributed by atoms with Crippen molar-refractivity contribution >= 4 is 15.9 Å². The fraction of sp³-hybridized carbons (Fsp3) is 0.455. The van der Waals surface area contributed by atoms with Crippen LogP contribution >= 0.6 is 15.9 Å². The standard InChI is InChI=1S/C11H12BrN/c12-9-2-1-8-3-6-13-11(4-5-11)10(8)7-9/h1-2,7,13H,3-6H2. The summed E-state index contributed by atoms with van der Waals surface area (Å²) >= 11 is 3.54. The van der Waals surface area contributed by atoms with Crippen LogP contribution in [0.25, 0.3) is 0 Å². The van der Waals surface area contributed by atoms with Crippen LogP contribution in [0.4, 0.5) is 0 Å². The first-order chi connectivity index (χ1) is 6.30. The second-order valence-electron chi connectivity index (χ2n) is 4.06. The molecule has 2 aliphatic rings. The van der Waals surface area contributed by atoms with Gasteiger partial charge in [-0.25, -0.2) is 0 Å². The van der Waals surface area contributed by atoms with Crippen molar-refractivity contribution in [3.05, 3.63) is 33.8 Å². The molecule has 1 saturated carbocycles. The Balaban J connectivity index is 2.16. The van der Waals surface area contributed by atoms with E-state index >= 15 is 0 Å². The van der Waals surface area contributed by atoms with E-state index in [9.17, 15) is 0 Å². The number of hydrogen-bond donors (Lipinski definition) is 1. The summed E-state index contributed by atoms with van der Waals surface area (Å²) < 4.78 is 1.21. The first-order valence-electron chi connectivity index (χ1n) is 4.84. The lowest BCUT2D eigenvalue weighted by molar-refractivity contribution is 0.489. The molecule has 1 nitrogen and oxygen atoms in total. The fourth-order valence-corrected chi connectivity index (χ4v) is 2.68. The first-order valence-corrected chi connectivity index (χ1v) is 5.63. The molecule has 1 aliphatic heterocycles. The van der Waals surface area contributed by atoms with Gasteiger partial charge in [0.2, 0.25) is 0 Å². The topological polar surface area (TPSA) is 12.0 Å². The molecule has 1 aliphatic carbocycles. The van der Waals surface area contributed by atoms with E-state index in [0.717, 1.165) is 6.54 Å². The highest BCUT2D eigenvalue weighted by Crippen LogP contribution is 2.48. The Morgan fingerprint density at radius 1 is 1.31 bits per heavy atom. The largest absolute Gasteiger partial charge is 0.307 e. The molecule has 2 heteroatoms. The molecule has 3 rings (SSSR count). The summed E-state index contributed by atoms with van der Waals surface area (Å²) in [5, 5.41) is 3.63. The summed E-state index contributed by atoms with van der Waals surface area (Å²) in [5.74, 6) is 0. The first kappa shape index (κ1) is 8.01. The lowest BCUT2D eigenvalue weighted by atomic mass is 9.93. The fourth-order valence-electron chi connectivity index (χ4n) is 2.31. The third-order valence-electron chi connectivity index (χ3n) is 3.20. The van der Waals surface area contributed by atoms with Crippen LogP contribution in [0.1, 0.15) is 24.0 Å². The molecule has 1 aromatic carbocycles. The zero-order valence-corrected chi connectivity index (χ0v) is 9.02. The minimum Gasteiger partial charge on any atom is -0.307 e. The van der Waals surface area contributed by atoms with E-state index < -0.39 is 0 Å². The quantitative estimate of drug-likeness (QED) is 0.732. The van der Waals surface area contributed by atoms with E-state index in [1.54, 1.807) is 5.56 Å². The molecule has 0 radical (unpaired) electrons. The average molecular weight is 238 g/mol. The van der Waals surface area contributed by atoms with Gasteiger partial charge >= 0.3 is 0 Å². The molecule has 1 N–H and O–H groups in total. The van der Waals surface area contributed by atoms with Gasteiger partial charge in [-0.2, -0.15) is 0 Å². The lowest BCUT2D eigenvalue weighted by Gasteiger charge is -2.26. The molecule has 1 spiro atoms. The van der Waals surface area contributed by atoms with Crippen LogP contribution in [-0.4, -0.2) is 6.54 Å². The molecule has 1 aromatic rings. The van der Waals surface area contributed by atoms with Gasteiger partial charge in [0.15, 0.2) is 0 Å². The minimum absolute atomic E-state index is 0.372. The van der Waals surface area contributed by atoms with E-state index in [-0.39, 0.29) is 0 Å². The van der Waals surface area contributed by atoms with Crippen molar-refractivity contribution in [2.75, 3.05) is 6.54 Å². The van der Waals surface area contributed by atoms with Gasteiger partial charge in [-0.1, -0.05) is 22.0 Å². The summed E-state index contributed by atoms with van der Waals surface area (Å²) in [6.45, 7) is 1.15.